The molecule has 6 aromatic carbocycles. The van der Waals surface area contributed by atoms with Crippen LogP contribution in [0.2, 0.25) is 0 Å². The number of carbonyl (C=O) groups excluding carboxylic acids is 3. The minimum absolute atomic E-state index is 0. The highest BCUT2D eigenvalue weighted by Gasteiger charge is 2.30. The van der Waals surface area contributed by atoms with Crippen molar-refractivity contribution in [1.82, 2.24) is 19.9 Å². The number of aryl methyl sites for hydroxylation is 4. The number of benzene rings is 6. The Morgan fingerprint density at radius 2 is 1.14 bits per heavy atom. The zero-order chi connectivity index (χ0) is 63.8. The fourth-order valence-corrected chi connectivity index (χ4v) is 12.8. The van der Waals surface area contributed by atoms with Crippen molar-refractivity contribution in [1.29, 1.82) is 0 Å². The Balaban J connectivity index is 0.000000143. The maximum Gasteiger partial charge on any atom is 0.264 e. The SMILES string of the molecule is C.COc1cc2c(c(C(=O)Nc3nccs3)c1)N=C(c1ccc(C)cc1C)C2.Cc1ccc(C(F)F)c(C2=Nc3c(cc(N4CCOCC4)cc3C(=O)Nc3nccs3)C2)c1.Cc1ccccc1C1=Nc2c(cccc2C(=O)Nc2cccc(CN3CCOCC3)n2)C1. The second kappa shape index (κ2) is 29.4. The van der Waals surface area contributed by atoms with E-state index < -0.39 is 6.43 Å². The second-order valence-electron chi connectivity index (χ2n) is 22.8. The third kappa shape index (κ3) is 15.2. The van der Waals surface area contributed by atoms with Gasteiger partial charge >= 0.3 is 0 Å². The molecule has 14 rings (SSSR count). The average molecular weight is 1290 g/mol. The Hall–Kier alpha value is -9.51. The van der Waals surface area contributed by atoms with E-state index in [4.69, 9.17) is 29.2 Å². The summed E-state index contributed by atoms with van der Waals surface area (Å²) >= 11 is 2.71. The van der Waals surface area contributed by atoms with E-state index in [0.29, 0.717) is 100 Å². The molecule has 93 heavy (non-hydrogen) atoms. The zero-order valence-electron chi connectivity index (χ0n) is 51.5. The molecule has 3 aromatic heterocycles. The maximum atomic E-state index is 13.7. The van der Waals surface area contributed by atoms with E-state index in [-0.39, 0.29) is 30.7 Å². The molecule has 0 saturated carbocycles. The molecule has 3 N–H and O–H groups in total. The van der Waals surface area contributed by atoms with Crippen LogP contribution in [0.1, 0.15) is 112 Å². The molecule has 0 atom stereocenters. The van der Waals surface area contributed by atoms with Crippen LogP contribution in [0.5, 0.6) is 5.75 Å². The Labute approximate surface area is 547 Å². The number of ether oxygens (including phenoxy) is 3. The lowest BCUT2D eigenvalue weighted by Gasteiger charge is -2.29. The van der Waals surface area contributed by atoms with Crippen molar-refractivity contribution in [2.24, 2.45) is 15.0 Å². The van der Waals surface area contributed by atoms with E-state index in [2.05, 4.69) is 91.8 Å². The first kappa shape index (κ1) is 65.0. The van der Waals surface area contributed by atoms with Crippen molar-refractivity contribution < 1.29 is 37.4 Å². The number of para-hydroxylation sites is 1. The minimum atomic E-state index is -2.61. The summed E-state index contributed by atoms with van der Waals surface area (Å²) in [6.07, 6.45) is 2.46. The van der Waals surface area contributed by atoms with E-state index in [1.165, 1.54) is 45.4 Å². The number of thiazole rings is 2. The summed E-state index contributed by atoms with van der Waals surface area (Å²) in [7, 11) is 1.60. The van der Waals surface area contributed by atoms with Gasteiger partial charge in [-0.3, -0.25) is 44.9 Å². The lowest BCUT2D eigenvalue weighted by Crippen LogP contribution is -2.36. The Morgan fingerprint density at radius 3 is 1.77 bits per heavy atom. The van der Waals surface area contributed by atoms with Gasteiger partial charge in [0.2, 0.25) is 0 Å². The van der Waals surface area contributed by atoms with E-state index in [1.54, 1.807) is 43.1 Å². The lowest BCUT2D eigenvalue weighted by atomic mass is 9.96. The molecule has 3 amide bonds. The standard InChI is InChI=1S/C26H26N4O2.C24H22F2N4O2S.C21H19N3O2S.CH4/c1-18-6-2-3-9-21(18)23-16-19-7-4-10-22(25(19)28-23)26(31)29-24-11-5-8-20(27-24)17-30-12-14-32-15-13-30;1-14-2-3-17(22(25)26)18(10-14)20-12-15-11-16(30-5-7-32-8-6-30)13-19(21(15)28-20)23(31)29-24-27-4-9-33-24;1-12-4-5-16(13(2)8-12)18-10-14-9-15(26-3)11-17(19(14)23-18)20(25)24-21-22-6-7-27-21;/h2-11H,12-17H2,1H3,(H,27,29,31);2-4,9-11,13,22H,5-8,12H2,1H3,(H,27,29,31);4-9,11H,10H2,1-3H3,(H,22,24,25);1H4. The molecular formula is C72H71F2N11O6S2. The van der Waals surface area contributed by atoms with Crippen LogP contribution in [0.3, 0.4) is 0 Å². The molecule has 5 aliphatic rings. The van der Waals surface area contributed by atoms with Gasteiger partial charge in [-0.1, -0.05) is 91.3 Å². The summed E-state index contributed by atoms with van der Waals surface area (Å²) in [5.74, 6) is 0.465. The lowest BCUT2D eigenvalue weighted by molar-refractivity contribution is 0.0336. The third-order valence-electron chi connectivity index (χ3n) is 16.4. The van der Waals surface area contributed by atoms with Crippen molar-refractivity contribution >= 4 is 96.4 Å². The Morgan fingerprint density at radius 1 is 0.570 bits per heavy atom. The summed E-state index contributed by atoms with van der Waals surface area (Å²) in [5.41, 5.74) is 17.8. The van der Waals surface area contributed by atoms with Crippen molar-refractivity contribution in [2.75, 3.05) is 80.6 Å². The van der Waals surface area contributed by atoms with Crippen molar-refractivity contribution in [3.63, 3.8) is 0 Å². The molecule has 2 fully saturated rings. The predicted molar refractivity (Wildman–Crippen MR) is 367 cm³/mol. The van der Waals surface area contributed by atoms with Crippen molar-refractivity contribution in [3.8, 4) is 5.75 Å². The summed E-state index contributed by atoms with van der Waals surface area (Å²) in [6, 6.07) is 38.5. The van der Waals surface area contributed by atoms with Crippen LogP contribution in [0.4, 0.5) is 47.6 Å². The highest BCUT2D eigenvalue weighted by Crippen LogP contribution is 2.41. The number of nitrogens with one attached hydrogen (secondary N) is 3. The van der Waals surface area contributed by atoms with Gasteiger partial charge in [-0.25, -0.2) is 23.7 Å². The van der Waals surface area contributed by atoms with Gasteiger partial charge in [-0.05, 0) is 115 Å². The van der Waals surface area contributed by atoms with Crippen molar-refractivity contribution in [2.45, 2.75) is 67.4 Å². The number of anilines is 4. The molecule has 0 unspecified atom stereocenters. The first-order chi connectivity index (χ1) is 44.7. The highest BCUT2D eigenvalue weighted by molar-refractivity contribution is 7.14. The Kier molecular flexibility index (Phi) is 20.6. The molecule has 8 heterocycles. The molecule has 0 bridgehead atoms. The fourth-order valence-electron chi connectivity index (χ4n) is 11.8. The first-order valence-corrected chi connectivity index (χ1v) is 32.0. The van der Waals surface area contributed by atoms with Gasteiger partial charge in [-0.2, -0.15) is 0 Å². The van der Waals surface area contributed by atoms with Crippen LogP contribution in [0, 0.1) is 27.7 Å². The second-order valence-corrected chi connectivity index (χ2v) is 24.6. The normalized spacial score (nSPS) is 14.6. The summed E-state index contributed by atoms with van der Waals surface area (Å²) in [4.78, 5) is 70.9. The molecule has 0 aliphatic carbocycles. The first-order valence-electron chi connectivity index (χ1n) is 30.3. The number of aliphatic imine (C=N–C) groups is 3. The maximum absolute atomic E-state index is 13.7. The summed E-state index contributed by atoms with van der Waals surface area (Å²) < 4.78 is 43.7. The monoisotopic (exact) mass is 1290 g/mol. The number of rotatable bonds is 14. The van der Waals surface area contributed by atoms with Gasteiger partial charge in [0.05, 0.1) is 90.1 Å². The van der Waals surface area contributed by atoms with Crippen LogP contribution in [-0.2, 0) is 35.3 Å². The number of amides is 3. The molecular weight excluding hydrogens is 1220 g/mol. The van der Waals surface area contributed by atoms with Crippen molar-refractivity contribution in [3.05, 3.63) is 228 Å². The average Bonchev–Trinajstić information content (AvgIpc) is 1.67. The Bertz CT molecular complexity index is 4330. The van der Waals surface area contributed by atoms with Gasteiger partial charge in [0, 0.05) is 92.0 Å². The van der Waals surface area contributed by atoms with E-state index >= 15 is 0 Å². The van der Waals surface area contributed by atoms with Crippen LogP contribution in [0.25, 0.3) is 0 Å². The fraction of sp³-hybridized carbons (Fsp3) is 0.264. The van der Waals surface area contributed by atoms with E-state index in [0.717, 1.165) is 101 Å². The van der Waals surface area contributed by atoms with Gasteiger partial charge in [0.15, 0.2) is 10.3 Å². The number of methoxy groups -OCH3 is 1. The van der Waals surface area contributed by atoms with Crippen LogP contribution >= 0.6 is 22.7 Å². The van der Waals surface area contributed by atoms with Gasteiger partial charge in [0.25, 0.3) is 24.1 Å². The third-order valence-corrected chi connectivity index (χ3v) is 17.7. The molecule has 2 saturated heterocycles. The quantitative estimate of drug-likeness (QED) is 0.0936. The number of alkyl halides is 2. The molecule has 0 spiro atoms. The molecule has 9 aromatic rings. The largest absolute Gasteiger partial charge is 0.497 e. The van der Waals surface area contributed by atoms with Crippen LogP contribution in [0.15, 0.2) is 159 Å². The van der Waals surface area contributed by atoms with E-state index in [1.807, 2.05) is 79.0 Å². The number of fused-ring (bicyclic) bond motifs is 3. The molecule has 476 valence electrons. The summed E-state index contributed by atoms with van der Waals surface area (Å²) in [6.45, 7) is 14.8. The van der Waals surface area contributed by atoms with Crippen LogP contribution in [-0.4, -0.2) is 114 Å². The van der Waals surface area contributed by atoms with Gasteiger partial charge in [0.1, 0.15) is 11.6 Å². The number of pyridine rings is 1. The molecule has 17 nitrogen and oxygen atoms in total. The minimum Gasteiger partial charge on any atom is -0.497 e. The summed E-state index contributed by atoms with van der Waals surface area (Å²) in [5, 5.41) is 13.3. The highest BCUT2D eigenvalue weighted by atomic mass is 32.1. The number of aromatic nitrogens is 3. The predicted octanol–water partition coefficient (Wildman–Crippen LogP) is 14.6. The van der Waals surface area contributed by atoms with E-state index in [9.17, 15) is 23.2 Å². The van der Waals surface area contributed by atoms with Gasteiger partial charge < -0.3 is 24.4 Å². The smallest absolute Gasteiger partial charge is 0.264 e. The number of carbonyl (C=O) groups is 3. The van der Waals surface area contributed by atoms with Crippen LogP contribution < -0.4 is 25.6 Å². The number of morpholine rings is 2. The number of hydrogen-bond acceptors (Lipinski definition) is 16. The molecule has 21 heteroatoms. The number of halogens is 2. The number of nitrogens with zero attached hydrogens (tertiary/aromatic N) is 8. The topological polar surface area (TPSA) is 197 Å². The molecule has 5 aliphatic heterocycles. The zero-order valence-corrected chi connectivity index (χ0v) is 53.2. The van der Waals surface area contributed by atoms with Gasteiger partial charge in [-0.15, -0.1) is 22.7 Å². The number of hydrogen-bond donors (Lipinski definition) is 3. The molecule has 0 radical (unpaired) electrons.